The van der Waals surface area contributed by atoms with Gasteiger partial charge in [-0.2, -0.15) is 10.5 Å². The first-order valence-corrected chi connectivity index (χ1v) is 5.14. The Morgan fingerprint density at radius 3 is 3.06 bits per heavy atom. The van der Waals surface area contributed by atoms with E-state index in [1.165, 1.54) is 0 Å². The van der Waals surface area contributed by atoms with Crippen LogP contribution in [0, 0.1) is 22.7 Å². The van der Waals surface area contributed by atoms with E-state index in [2.05, 4.69) is 17.5 Å². The summed E-state index contributed by atoms with van der Waals surface area (Å²) in [4.78, 5) is 0. The molecule has 4 heteroatoms. The SMILES string of the molecule is N#CCCC1COc2ccc(C#N)cc2N1. The third-order valence-electron chi connectivity index (χ3n) is 2.51. The van der Waals surface area contributed by atoms with Crippen molar-refractivity contribution < 1.29 is 4.74 Å². The van der Waals surface area contributed by atoms with Crippen molar-refractivity contribution >= 4 is 5.69 Å². The third kappa shape index (κ3) is 2.07. The van der Waals surface area contributed by atoms with Gasteiger partial charge in [-0.1, -0.05) is 0 Å². The van der Waals surface area contributed by atoms with Crippen LogP contribution in [-0.2, 0) is 0 Å². The Bertz CT molecular complexity index is 470. The number of rotatable bonds is 2. The van der Waals surface area contributed by atoms with Crippen molar-refractivity contribution in [2.75, 3.05) is 11.9 Å². The molecule has 0 aromatic heterocycles. The van der Waals surface area contributed by atoms with Gasteiger partial charge < -0.3 is 10.1 Å². The van der Waals surface area contributed by atoms with E-state index in [0.717, 1.165) is 17.9 Å². The van der Waals surface area contributed by atoms with Gasteiger partial charge in [0.2, 0.25) is 0 Å². The Hall–Kier alpha value is -2.20. The van der Waals surface area contributed by atoms with Crippen LogP contribution in [0.2, 0.25) is 0 Å². The molecule has 0 saturated heterocycles. The molecule has 0 fully saturated rings. The molecule has 1 aliphatic rings. The van der Waals surface area contributed by atoms with E-state index >= 15 is 0 Å². The van der Waals surface area contributed by atoms with Crippen molar-refractivity contribution in [1.29, 1.82) is 10.5 Å². The van der Waals surface area contributed by atoms with E-state index in [1.54, 1.807) is 18.2 Å². The fraction of sp³-hybridized carbons (Fsp3) is 0.333. The minimum Gasteiger partial charge on any atom is -0.489 e. The average molecular weight is 213 g/mol. The highest BCUT2D eigenvalue weighted by molar-refractivity contribution is 5.61. The molecular weight excluding hydrogens is 202 g/mol. The average Bonchev–Trinajstić information content (AvgIpc) is 2.35. The summed E-state index contributed by atoms with van der Waals surface area (Å²) in [6.07, 6.45) is 1.26. The third-order valence-corrected chi connectivity index (χ3v) is 2.51. The molecule has 80 valence electrons. The van der Waals surface area contributed by atoms with E-state index in [0.29, 0.717) is 18.6 Å². The zero-order valence-electron chi connectivity index (χ0n) is 8.73. The largest absolute Gasteiger partial charge is 0.489 e. The van der Waals surface area contributed by atoms with Gasteiger partial charge in [-0.25, -0.2) is 0 Å². The van der Waals surface area contributed by atoms with Gasteiger partial charge in [0.1, 0.15) is 12.4 Å². The van der Waals surface area contributed by atoms with E-state index in [-0.39, 0.29) is 6.04 Å². The Morgan fingerprint density at radius 1 is 1.44 bits per heavy atom. The lowest BCUT2D eigenvalue weighted by molar-refractivity contribution is 0.279. The second-order valence-electron chi connectivity index (χ2n) is 3.67. The summed E-state index contributed by atoms with van der Waals surface area (Å²) < 4.78 is 5.55. The maximum Gasteiger partial charge on any atom is 0.142 e. The molecule has 1 unspecified atom stereocenters. The minimum absolute atomic E-state index is 0.154. The van der Waals surface area contributed by atoms with Crippen molar-refractivity contribution in [3.8, 4) is 17.9 Å². The fourth-order valence-electron chi connectivity index (χ4n) is 1.68. The van der Waals surface area contributed by atoms with Gasteiger partial charge in [0.25, 0.3) is 0 Å². The number of nitriles is 2. The first-order valence-electron chi connectivity index (χ1n) is 5.14. The van der Waals surface area contributed by atoms with Crippen molar-refractivity contribution in [2.45, 2.75) is 18.9 Å². The quantitative estimate of drug-likeness (QED) is 0.816. The van der Waals surface area contributed by atoms with Gasteiger partial charge in [-0.3, -0.25) is 0 Å². The van der Waals surface area contributed by atoms with Crippen LogP contribution in [0.3, 0.4) is 0 Å². The van der Waals surface area contributed by atoms with Crippen LogP contribution < -0.4 is 10.1 Å². The summed E-state index contributed by atoms with van der Waals surface area (Å²) in [6, 6.07) is 9.65. The summed E-state index contributed by atoms with van der Waals surface area (Å²) in [5.74, 6) is 0.771. The molecule has 0 saturated carbocycles. The summed E-state index contributed by atoms with van der Waals surface area (Å²) in [5, 5.41) is 20.6. The number of ether oxygens (including phenoxy) is 1. The first kappa shape index (κ1) is 10.3. The lowest BCUT2D eigenvalue weighted by atomic mass is 10.1. The van der Waals surface area contributed by atoms with Gasteiger partial charge >= 0.3 is 0 Å². The minimum atomic E-state index is 0.154. The molecule has 0 radical (unpaired) electrons. The van der Waals surface area contributed by atoms with Crippen molar-refractivity contribution in [1.82, 2.24) is 0 Å². The number of fused-ring (bicyclic) bond motifs is 1. The normalized spacial score (nSPS) is 17.2. The predicted octanol–water partition coefficient (Wildman–Crippen LogP) is 2.03. The molecule has 0 amide bonds. The van der Waals surface area contributed by atoms with Crippen LogP contribution in [0.25, 0.3) is 0 Å². The number of hydrogen-bond donors (Lipinski definition) is 1. The maximum absolute atomic E-state index is 8.78. The van der Waals surface area contributed by atoms with Gasteiger partial charge in [0, 0.05) is 6.42 Å². The fourth-order valence-corrected chi connectivity index (χ4v) is 1.68. The number of anilines is 1. The first-order chi connectivity index (χ1) is 7.83. The Kier molecular flexibility index (Phi) is 2.93. The number of nitrogens with zero attached hydrogens (tertiary/aromatic N) is 2. The highest BCUT2D eigenvalue weighted by Crippen LogP contribution is 2.30. The van der Waals surface area contributed by atoms with Gasteiger partial charge in [-0.05, 0) is 24.6 Å². The highest BCUT2D eigenvalue weighted by Gasteiger charge is 2.18. The summed E-state index contributed by atoms with van der Waals surface area (Å²) in [5.41, 5.74) is 1.45. The Balaban J connectivity index is 2.13. The number of nitrogens with one attached hydrogen (secondary N) is 1. The molecule has 0 bridgehead atoms. The highest BCUT2D eigenvalue weighted by atomic mass is 16.5. The van der Waals surface area contributed by atoms with Crippen LogP contribution in [0.15, 0.2) is 18.2 Å². The summed E-state index contributed by atoms with van der Waals surface area (Å²) >= 11 is 0. The monoisotopic (exact) mass is 213 g/mol. The van der Waals surface area contributed by atoms with E-state index < -0.39 is 0 Å². The van der Waals surface area contributed by atoms with E-state index in [1.807, 2.05) is 0 Å². The number of hydrogen-bond acceptors (Lipinski definition) is 4. The topological polar surface area (TPSA) is 68.8 Å². The molecule has 1 aromatic carbocycles. The van der Waals surface area contributed by atoms with Gasteiger partial charge in [0.15, 0.2) is 0 Å². The van der Waals surface area contributed by atoms with Crippen LogP contribution in [0.1, 0.15) is 18.4 Å². The summed E-state index contributed by atoms with van der Waals surface area (Å²) in [6.45, 7) is 0.570. The molecule has 0 aliphatic carbocycles. The second kappa shape index (κ2) is 4.55. The molecule has 1 aromatic rings. The zero-order chi connectivity index (χ0) is 11.4. The van der Waals surface area contributed by atoms with Gasteiger partial charge in [-0.15, -0.1) is 0 Å². The van der Waals surface area contributed by atoms with Crippen LogP contribution in [0.4, 0.5) is 5.69 Å². The van der Waals surface area contributed by atoms with Gasteiger partial charge in [0.05, 0.1) is 29.4 Å². The summed E-state index contributed by atoms with van der Waals surface area (Å²) in [7, 11) is 0. The van der Waals surface area contributed by atoms with Crippen molar-refractivity contribution in [3.63, 3.8) is 0 Å². The molecule has 0 spiro atoms. The van der Waals surface area contributed by atoms with E-state index in [4.69, 9.17) is 15.3 Å². The molecule has 4 nitrogen and oxygen atoms in total. The van der Waals surface area contributed by atoms with Crippen LogP contribution in [0.5, 0.6) is 5.75 Å². The molecule has 1 heterocycles. The molecule has 1 atom stereocenters. The molecular formula is C12H11N3O. The molecule has 1 aliphatic heterocycles. The maximum atomic E-state index is 8.78. The Morgan fingerprint density at radius 2 is 2.31 bits per heavy atom. The smallest absolute Gasteiger partial charge is 0.142 e. The second-order valence-corrected chi connectivity index (χ2v) is 3.67. The van der Waals surface area contributed by atoms with Crippen molar-refractivity contribution in [3.05, 3.63) is 23.8 Å². The van der Waals surface area contributed by atoms with Crippen molar-refractivity contribution in [2.24, 2.45) is 0 Å². The Labute approximate surface area is 94.1 Å². The lowest BCUT2D eigenvalue weighted by Gasteiger charge is -2.27. The molecule has 1 N–H and O–H groups in total. The van der Waals surface area contributed by atoms with Crippen LogP contribution >= 0.6 is 0 Å². The number of benzene rings is 1. The van der Waals surface area contributed by atoms with E-state index in [9.17, 15) is 0 Å². The molecule has 16 heavy (non-hydrogen) atoms. The zero-order valence-corrected chi connectivity index (χ0v) is 8.73. The molecule has 2 rings (SSSR count). The van der Waals surface area contributed by atoms with Crippen LogP contribution in [-0.4, -0.2) is 12.6 Å². The standard InChI is InChI=1S/C12H11N3O/c13-5-1-2-10-8-16-12-4-3-9(7-14)6-11(12)15-10/h3-4,6,10,15H,1-2,8H2. The lowest BCUT2D eigenvalue weighted by Crippen LogP contribution is -2.31. The predicted molar refractivity (Wildman–Crippen MR) is 58.9 cm³/mol.